The predicted octanol–water partition coefficient (Wildman–Crippen LogP) is 5.52. The van der Waals surface area contributed by atoms with Crippen molar-refractivity contribution in [2.45, 2.75) is 52.3 Å². The van der Waals surface area contributed by atoms with Crippen LogP contribution in [0.5, 0.6) is 0 Å². The van der Waals surface area contributed by atoms with Gasteiger partial charge in [-0.25, -0.2) is 14.8 Å². The van der Waals surface area contributed by atoms with Crippen LogP contribution in [0.15, 0.2) is 30.6 Å². The number of hydrogen-bond donors (Lipinski definition) is 1. The molecule has 8 nitrogen and oxygen atoms in total. The first-order chi connectivity index (χ1) is 15.7. The molecule has 33 heavy (non-hydrogen) atoms. The maximum atomic E-state index is 11.9. The van der Waals surface area contributed by atoms with Crippen LogP contribution in [-0.2, 0) is 18.0 Å². The summed E-state index contributed by atoms with van der Waals surface area (Å²) in [6.07, 6.45) is 4.09. The van der Waals surface area contributed by atoms with E-state index < -0.39 is 14.0 Å². The molecule has 0 fully saturated rings. The number of hydrogen-bond acceptors (Lipinski definition) is 5. The standard InChI is InChI=1S/C23H28ClN5O3Si/c1-5-8-29-19-11-15(24)6-7-16(19)20(27-29)18-12-25-22-21(26-18)17(23(30)31)13-28(22)14-32-9-10-33(2,3)4/h6-7,11-13H,5,8-10,14H2,1-4H3,(H,30,31). The van der Waals surface area contributed by atoms with Gasteiger partial charge in [0.05, 0.1) is 11.7 Å². The minimum Gasteiger partial charge on any atom is -0.478 e. The van der Waals surface area contributed by atoms with Crippen molar-refractivity contribution in [3.05, 3.63) is 41.2 Å². The van der Waals surface area contributed by atoms with Crippen LogP contribution in [0.1, 0.15) is 23.7 Å². The fourth-order valence-corrected chi connectivity index (χ4v) is 4.60. The molecule has 0 bridgehead atoms. The third-order valence-electron chi connectivity index (χ3n) is 5.41. The number of fused-ring (bicyclic) bond motifs is 2. The lowest BCUT2D eigenvalue weighted by atomic mass is 10.1. The van der Waals surface area contributed by atoms with Gasteiger partial charge in [-0.1, -0.05) is 38.2 Å². The van der Waals surface area contributed by atoms with Gasteiger partial charge in [0.1, 0.15) is 29.2 Å². The Balaban J connectivity index is 1.74. The number of aromatic carboxylic acids is 1. The molecule has 174 valence electrons. The van der Waals surface area contributed by atoms with Gasteiger partial charge in [0.2, 0.25) is 0 Å². The quantitative estimate of drug-likeness (QED) is 0.247. The Kier molecular flexibility index (Phi) is 6.56. The van der Waals surface area contributed by atoms with Crippen molar-refractivity contribution in [2.75, 3.05) is 6.61 Å². The highest BCUT2D eigenvalue weighted by Crippen LogP contribution is 2.30. The molecule has 0 saturated carbocycles. The highest BCUT2D eigenvalue weighted by atomic mass is 35.5. The number of halogens is 1. The Bertz CT molecular complexity index is 1330. The molecule has 0 aliphatic heterocycles. The number of aromatic nitrogens is 5. The molecule has 3 aromatic heterocycles. The monoisotopic (exact) mass is 485 g/mol. The molecule has 0 aliphatic carbocycles. The van der Waals surface area contributed by atoms with Gasteiger partial charge in [-0.05, 0) is 30.7 Å². The van der Waals surface area contributed by atoms with Crippen LogP contribution in [-0.4, -0.2) is 50.1 Å². The van der Waals surface area contributed by atoms with E-state index in [1.165, 1.54) is 0 Å². The first-order valence-corrected chi connectivity index (χ1v) is 15.1. The summed E-state index contributed by atoms with van der Waals surface area (Å²) in [5.74, 6) is -1.06. The summed E-state index contributed by atoms with van der Waals surface area (Å²) in [5, 5.41) is 16.0. The van der Waals surface area contributed by atoms with Gasteiger partial charge >= 0.3 is 5.97 Å². The van der Waals surface area contributed by atoms with E-state index in [0.717, 1.165) is 29.9 Å². The number of ether oxygens (including phenoxy) is 1. The Morgan fingerprint density at radius 1 is 1.27 bits per heavy atom. The van der Waals surface area contributed by atoms with Gasteiger partial charge in [-0.15, -0.1) is 0 Å². The lowest BCUT2D eigenvalue weighted by molar-refractivity contribution is 0.0696. The Hall–Kier alpha value is -2.75. The molecular weight excluding hydrogens is 458 g/mol. The van der Waals surface area contributed by atoms with Gasteiger partial charge in [0.25, 0.3) is 0 Å². The number of rotatable bonds is 9. The highest BCUT2D eigenvalue weighted by Gasteiger charge is 2.21. The molecule has 4 rings (SSSR count). The van der Waals surface area contributed by atoms with Gasteiger partial charge in [-0.3, -0.25) is 4.68 Å². The van der Waals surface area contributed by atoms with Gasteiger partial charge < -0.3 is 14.4 Å². The second-order valence-electron chi connectivity index (χ2n) is 9.33. The molecule has 0 saturated heterocycles. The second kappa shape index (κ2) is 9.24. The number of carboxylic acids is 1. The molecule has 0 spiro atoms. The van der Waals surface area contributed by atoms with E-state index in [1.807, 2.05) is 22.9 Å². The minimum absolute atomic E-state index is 0.0912. The summed E-state index contributed by atoms with van der Waals surface area (Å²) in [4.78, 5) is 21.2. The van der Waals surface area contributed by atoms with E-state index in [-0.39, 0.29) is 12.3 Å². The summed E-state index contributed by atoms with van der Waals surface area (Å²) >= 11 is 6.21. The fraction of sp³-hybridized carbons (Fsp3) is 0.391. The van der Waals surface area contributed by atoms with Crippen molar-refractivity contribution in [3.63, 3.8) is 0 Å². The zero-order valence-corrected chi connectivity index (χ0v) is 21.1. The molecule has 10 heteroatoms. The van der Waals surface area contributed by atoms with Crippen LogP contribution in [0, 0.1) is 0 Å². The van der Waals surface area contributed by atoms with Crippen molar-refractivity contribution in [1.29, 1.82) is 0 Å². The van der Waals surface area contributed by atoms with Crippen molar-refractivity contribution < 1.29 is 14.6 Å². The average Bonchev–Trinajstić information content (AvgIpc) is 3.29. The summed E-state index contributed by atoms with van der Waals surface area (Å²) in [7, 11) is -1.21. The Morgan fingerprint density at radius 3 is 2.76 bits per heavy atom. The SMILES string of the molecule is CCCn1nc(-c2cnc3c(n2)c(C(=O)O)cn3COCC[Si](C)(C)C)c2ccc(Cl)cc21. The van der Waals surface area contributed by atoms with Crippen LogP contribution in [0.25, 0.3) is 33.5 Å². The third-order valence-corrected chi connectivity index (χ3v) is 7.35. The van der Waals surface area contributed by atoms with Crippen LogP contribution in [0.2, 0.25) is 30.7 Å². The highest BCUT2D eigenvalue weighted by molar-refractivity contribution is 6.76. The number of nitrogens with zero attached hydrogens (tertiary/aromatic N) is 5. The molecule has 1 aromatic carbocycles. The second-order valence-corrected chi connectivity index (χ2v) is 15.4. The molecule has 0 radical (unpaired) electrons. The first kappa shape index (κ1) is 23.4. The molecular formula is C23H28ClN5O3Si. The van der Waals surface area contributed by atoms with E-state index in [4.69, 9.17) is 21.4 Å². The molecule has 0 unspecified atom stereocenters. The van der Waals surface area contributed by atoms with Crippen LogP contribution in [0.4, 0.5) is 0 Å². The van der Waals surface area contributed by atoms with E-state index in [0.29, 0.717) is 34.2 Å². The van der Waals surface area contributed by atoms with Crippen LogP contribution >= 0.6 is 11.6 Å². The summed E-state index contributed by atoms with van der Waals surface area (Å²) < 4.78 is 9.42. The lowest BCUT2D eigenvalue weighted by Gasteiger charge is -2.15. The zero-order valence-electron chi connectivity index (χ0n) is 19.3. The fourth-order valence-electron chi connectivity index (χ4n) is 3.68. The topological polar surface area (TPSA) is 95.1 Å². The molecule has 3 heterocycles. The summed E-state index contributed by atoms with van der Waals surface area (Å²) in [6, 6.07) is 6.64. The van der Waals surface area contributed by atoms with Crippen molar-refractivity contribution >= 4 is 47.7 Å². The van der Waals surface area contributed by atoms with E-state index in [9.17, 15) is 9.90 Å². The number of carbonyl (C=O) groups is 1. The average molecular weight is 486 g/mol. The van der Waals surface area contributed by atoms with E-state index in [2.05, 4.69) is 36.5 Å². The largest absolute Gasteiger partial charge is 0.478 e. The van der Waals surface area contributed by atoms with Crippen molar-refractivity contribution in [1.82, 2.24) is 24.3 Å². The van der Waals surface area contributed by atoms with Crippen molar-refractivity contribution in [2.24, 2.45) is 0 Å². The maximum Gasteiger partial charge on any atom is 0.339 e. The van der Waals surface area contributed by atoms with E-state index >= 15 is 0 Å². The first-order valence-electron chi connectivity index (χ1n) is 11.0. The Labute approximate surface area is 198 Å². The molecule has 4 aromatic rings. The minimum atomic E-state index is -1.21. The van der Waals surface area contributed by atoms with Crippen molar-refractivity contribution in [3.8, 4) is 11.4 Å². The molecule has 0 atom stereocenters. The van der Waals surface area contributed by atoms with Gasteiger partial charge in [0.15, 0.2) is 5.65 Å². The summed E-state index contributed by atoms with van der Waals surface area (Å²) in [5.41, 5.74) is 2.97. The molecule has 1 N–H and O–H groups in total. The molecule has 0 aliphatic rings. The van der Waals surface area contributed by atoms with Gasteiger partial charge in [0, 0.05) is 37.8 Å². The predicted molar refractivity (Wildman–Crippen MR) is 133 cm³/mol. The normalized spacial score (nSPS) is 12.2. The summed E-state index contributed by atoms with van der Waals surface area (Å²) in [6.45, 7) is 10.5. The third kappa shape index (κ3) is 4.95. The Morgan fingerprint density at radius 2 is 2.06 bits per heavy atom. The lowest BCUT2D eigenvalue weighted by Crippen LogP contribution is -2.22. The zero-order chi connectivity index (χ0) is 23.8. The number of aryl methyl sites for hydroxylation is 1. The maximum absolute atomic E-state index is 11.9. The van der Waals surface area contributed by atoms with E-state index in [1.54, 1.807) is 17.0 Å². The van der Waals surface area contributed by atoms with Crippen LogP contribution < -0.4 is 0 Å². The van der Waals surface area contributed by atoms with Crippen LogP contribution in [0.3, 0.4) is 0 Å². The smallest absolute Gasteiger partial charge is 0.339 e. The number of benzene rings is 1. The van der Waals surface area contributed by atoms with Gasteiger partial charge in [-0.2, -0.15) is 5.10 Å². The molecule has 0 amide bonds. The number of carboxylic acid groups (broad SMARTS) is 1.